The molecule has 0 aliphatic rings. The molecule has 0 atom stereocenters. The van der Waals surface area contributed by atoms with Crippen LogP contribution >= 0.6 is 0 Å². The summed E-state index contributed by atoms with van der Waals surface area (Å²) in [7, 11) is 0. The molecule has 2 amide bonds. The van der Waals surface area contributed by atoms with Crippen LogP contribution in [0.25, 0.3) is 10.8 Å². The fraction of sp³-hybridized carbons (Fsp3) is 0.174. The Bertz CT molecular complexity index is 1040. The maximum atomic E-state index is 11.7. The van der Waals surface area contributed by atoms with Gasteiger partial charge < -0.3 is 10.1 Å². The van der Waals surface area contributed by atoms with Crippen LogP contribution in [-0.2, 0) is 16.2 Å². The molecule has 0 unspecified atom stereocenters. The van der Waals surface area contributed by atoms with Crippen LogP contribution in [0.2, 0.25) is 0 Å². The molecule has 29 heavy (non-hydrogen) atoms. The number of carbonyl (C=O) groups excluding carboxylic acids is 2. The number of likely N-dealkylation sites (N-methyl/N-ethyl adjacent to an activating group) is 1. The van der Waals surface area contributed by atoms with Gasteiger partial charge in [-0.2, -0.15) is 5.10 Å². The summed E-state index contributed by atoms with van der Waals surface area (Å²) >= 11 is 0. The molecule has 148 valence electrons. The highest BCUT2D eigenvalue weighted by Gasteiger charge is 2.11. The predicted molar refractivity (Wildman–Crippen MR) is 114 cm³/mol. The third-order valence-corrected chi connectivity index (χ3v) is 4.35. The first kappa shape index (κ1) is 20.1. The van der Waals surface area contributed by atoms with Crippen molar-refractivity contribution in [1.29, 1.82) is 0 Å². The van der Waals surface area contributed by atoms with E-state index in [1.54, 1.807) is 6.92 Å². The molecule has 0 fully saturated rings. The number of aryl methyl sites for hydroxylation is 1. The molecule has 0 heterocycles. The molecular weight excluding hydrogens is 366 g/mol. The van der Waals surface area contributed by atoms with E-state index < -0.39 is 11.8 Å². The van der Waals surface area contributed by atoms with Gasteiger partial charge in [0.15, 0.2) is 0 Å². The fourth-order valence-electron chi connectivity index (χ4n) is 2.83. The van der Waals surface area contributed by atoms with Gasteiger partial charge in [0.05, 0.1) is 6.21 Å². The van der Waals surface area contributed by atoms with E-state index >= 15 is 0 Å². The summed E-state index contributed by atoms with van der Waals surface area (Å²) in [6, 6.07) is 19.8. The number of ether oxygens (including phenoxy) is 1. The Labute approximate surface area is 169 Å². The molecule has 0 spiro atoms. The van der Waals surface area contributed by atoms with Crippen LogP contribution in [-0.4, -0.2) is 24.6 Å². The first-order valence-corrected chi connectivity index (χ1v) is 9.40. The molecule has 3 aromatic carbocycles. The number of nitrogens with zero attached hydrogens (tertiary/aromatic N) is 1. The minimum atomic E-state index is -0.814. The molecule has 2 N–H and O–H groups in total. The molecule has 0 bridgehead atoms. The Balaban J connectivity index is 1.83. The lowest BCUT2D eigenvalue weighted by Crippen LogP contribution is -2.37. The lowest BCUT2D eigenvalue weighted by molar-refractivity contribution is -0.139. The second kappa shape index (κ2) is 9.50. The van der Waals surface area contributed by atoms with Crippen molar-refractivity contribution < 1.29 is 14.3 Å². The first-order chi connectivity index (χ1) is 14.1. The normalized spacial score (nSPS) is 10.8. The maximum Gasteiger partial charge on any atom is 0.329 e. The highest BCUT2D eigenvalue weighted by Crippen LogP contribution is 2.27. The summed E-state index contributed by atoms with van der Waals surface area (Å²) in [5.74, 6) is -0.899. The maximum absolute atomic E-state index is 11.7. The largest absolute Gasteiger partial charge is 0.488 e. The Morgan fingerprint density at radius 1 is 1.00 bits per heavy atom. The van der Waals surface area contributed by atoms with Gasteiger partial charge in [-0.05, 0) is 36.2 Å². The van der Waals surface area contributed by atoms with E-state index in [0.717, 1.165) is 21.9 Å². The van der Waals surface area contributed by atoms with E-state index in [1.807, 2.05) is 67.6 Å². The molecule has 6 heteroatoms. The zero-order chi connectivity index (χ0) is 20.6. The number of hydrogen-bond donors (Lipinski definition) is 2. The molecule has 0 aliphatic heterocycles. The second-order valence-corrected chi connectivity index (χ2v) is 6.53. The third kappa shape index (κ3) is 5.19. The van der Waals surface area contributed by atoms with Gasteiger partial charge in [0.25, 0.3) is 0 Å². The van der Waals surface area contributed by atoms with Crippen LogP contribution in [0.15, 0.2) is 65.8 Å². The lowest BCUT2D eigenvalue weighted by atomic mass is 10.0. The van der Waals surface area contributed by atoms with E-state index in [-0.39, 0.29) is 0 Å². The van der Waals surface area contributed by atoms with E-state index in [9.17, 15) is 9.59 Å². The number of benzene rings is 3. The van der Waals surface area contributed by atoms with Crippen molar-refractivity contribution >= 4 is 28.8 Å². The minimum absolute atomic E-state index is 0.371. The van der Waals surface area contributed by atoms with Gasteiger partial charge in [-0.25, -0.2) is 5.43 Å². The van der Waals surface area contributed by atoms with Gasteiger partial charge in [-0.1, -0.05) is 60.2 Å². The van der Waals surface area contributed by atoms with Crippen molar-refractivity contribution in [2.45, 2.75) is 20.5 Å². The average molecular weight is 389 g/mol. The van der Waals surface area contributed by atoms with Crippen molar-refractivity contribution in [2.24, 2.45) is 5.10 Å². The molecule has 0 radical (unpaired) electrons. The summed E-state index contributed by atoms with van der Waals surface area (Å²) in [4.78, 5) is 23.3. The van der Waals surface area contributed by atoms with Gasteiger partial charge in [0.1, 0.15) is 12.4 Å². The molecule has 3 rings (SSSR count). The molecule has 0 saturated heterocycles. The van der Waals surface area contributed by atoms with Gasteiger partial charge >= 0.3 is 11.8 Å². The standard InChI is InChI=1S/C23H23N3O3/c1-3-24-22(27)23(28)26-25-14-20-19-7-5-4-6-18(19)12-13-21(20)29-15-17-10-8-16(2)9-11-17/h4-14H,3,15H2,1-2H3,(H,24,27)(H,26,28)/b25-14-. The van der Waals surface area contributed by atoms with E-state index in [1.165, 1.54) is 11.8 Å². The number of amides is 2. The van der Waals surface area contributed by atoms with Gasteiger partial charge in [0.2, 0.25) is 0 Å². The molecular formula is C23H23N3O3. The van der Waals surface area contributed by atoms with E-state index in [2.05, 4.69) is 15.8 Å². The van der Waals surface area contributed by atoms with E-state index in [0.29, 0.717) is 18.9 Å². The molecule has 0 aliphatic carbocycles. The Morgan fingerprint density at radius 3 is 2.52 bits per heavy atom. The summed E-state index contributed by atoms with van der Waals surface area (Å²) in [5, 5.41) is 8.34. The van der Waals surface area contributed by atoms with Crippen LogP contribution in [0.5, 0.6) is 5.75 Å². The molecule has 0 saturated carbocycles. The number of hydrazone groups is 1. The van der Waals surface area contributed by atoms with Crippen LogP contribution < -0.4 is 15.5 Å². The van der Waals surface area contributed by atoms with Gasteiger partial charge in [-0.3, -0.25) is 9.59 Å². The number of carbonyl (C=O) groups is 2. The highest BCUT2D eigenvalue weighted by molar-refractivity contribution is 6.35. The molecule has 0 aromatic heterocycles. The van der Waals surface area contributed by atoms with Gasteiger partial charge in [-0.15, -0.1) is 0 Å². The zero-order valence-corrected chi connectivity index (χ0v) is 16.4. The zero-order valence-electron chi connectivity index (χ0n) is 16.4. The van der Waals surface area contributed by atoms with Crippen molar-refractivity contribution in [1.82, 2.24) is 10.7 Å². The summed E-state index contributed by atoms with van der Waals surface area (Å²) in [6.45, 7) is 4.56. The Morgan fingerprint density at radius 2 is 1.76 bits per heavy atom. The van der Waals surface area contributed by atoms with Crippen LogP contribution in [0.1, 0.15) is 23.6 Å². The summed E-state index contributed by atoms with van der Waals surface area (Å²) in [6.07, 6.45) is 1.50. The minimum Gasteiger partial charge on any atom is -0.488 e. The lowest BCUT2D eigenvalue weighted by Gasteiger charge is -2.12. The molecule has 3 aromatic rings. The number of fused-ring (bicyclic) bond motifs is 1. The van der Waals surface area contributed by atoms with Crippen molar-refractivity contribution in [3.63, 3.8) is 0 Å². The Kier molecular flexibility index (Phi) is 6.58. The number of rotatable bonds is 6. The average Bonchev–Trinajstić information content (AvgIpc) is 2.74. The number of nitrogens with one attached hydrogen (secondary N) is 2. The molecule has 6 nitrogen and oxygen atoms in total. The van der Waals surface area contributed by atoms with Crippen molar-refractivity contribution in [3.8, 4) is 5.75 Å². The van der Waals surface area contributed by atoms with E-state index in [4.69, 9.17) is 4.74 Å². The smallest absolute Gasteiger partial charge is 0.329 e. The first-order valence-electron chi connectivity index (χ1n) is 9.40. The van der Waals surface area contributed by atoms with Gasteiger partial charge in [0, 0.05) is 12.1 Å². The quantitative estimate of drug-likeness (QED) is 0.386. The van der Waals surface area contributed by atoms with Crippen molar-refractivity contribution in [3.05, 3.63) is 77.4 Å². The van der Waals surface area contributed by atoms with Crippen LogP contribution in [0, 0.1) is 6.92 Å². The van der Waals surface area contributed by atoms with Crippen LogP contribution in [0.3, 0.4) is 0 Å². The number of hydrogen-bond acceptors (Lipinski definition) is 4. The third-order valence-electron chi connectivity index (χ3n) is 4.35. The summed E-state index contributed by atoms with van der Waals surface area (Å²) in [5.41, 5.74) is 5.22. The second-order valence-electron chi connectivity index (χ2n) is 6.53. The SMILES string of the molecule is CCNC(=O)C(=O)N/N=C\c1c(OCc2ccc(C)cc2)ccc2ccccc12. The monoisotopic (exact) mass is 389 g/mol. The highest BCUT2D eigenvalue weighted by atomic mass is 16.5. The van der Waals surface area contributed by atoms with Crippen LogP contribution in [0.4, 0.5) is 0 Å². The topological polar surface area (TPSA) is 79.8 Å². The predicted octanol–water partition coefficient (Wildman–Crippen LogP) is 3.31. The fourth-order valence-corrected chi connectivity index (χ4v) is 2.83. The Hall–Kier alpha value is -3.67. The van der Waals surface area contributed by atoms with Crippen molar-refractivity contribution in [2.75, 3.05) is 6.54 Å². The summed E-state index contributed by atoms with van der Waals surface area (Å²) < 4.78 is 6.03.